The zero-order chi connectivity index (χ0) is 19.5. The number of unbranched alkanes of at least 4 members (excludes halogenated alkanes) is 5. The Hall–Kier alpha value is -2.52. The van der Waals surface area contributed by atoms with Crippen LogP contribution in [0.3, 0.4) is 0 Å². The normalized spacial score (nSPS) is 11.0. The van der Waals surface area contributed by atoms with E-state index in [4.69, 9.17) is 10.00 Å². The van der Waals surface area contributed by atoms with Crippen LogP contribution in [0.1, 0.15) is 51.0 Å². The van der Waals surface area contributed by atoms with Crippen LogP contribution < -0.4 is 9.46 Å². The molecule has 0 bridgehead atoms. The summed E-state index contributed by atoms with van der Waals surface area (Å²) in [4.78, 5) is 0.116. The fourth-order valence-electron chi connectivity index (χ4n) is 2.61. The molecule has 2 rings (SSSR count). The van der Waals surface area contributed by atoms with Gasteiger partial charge in [-0.2, -0.15) is 5.26 Å². The first-order valence-electron chi connectivity index (χ1n) is 9.31. The predicted octanol–water partition coefficient (Wildman–Crippen LogP) is 5.10. The first-order valence-corrected chi connectivity index (χ1v) is 10.8. The lowest BCUT2D eigenvalue weighted by Gasteiger charge is -2.10. The van der Waals surface area contributed by atoms with Crippen molar-refractivity contribution in [2.75, 3.05) is 11.3 Å². The maximum Gasteiger partial charge on any atom is 0.261 e. The molecule has 0 aliphatic heterocycles. The molecule has 0 aromatic heterocycles. The molecule has 0 radical (unpaired) electrons. The fraction of sp³-hybridized carbons (Fsp3) is 0.381. The molecule has 27 heavy (non-hydrogen) atoms. The first kappa shape index (κ1) is 20.8. The molecule has 6 heteroatoms. The lowest BCUT2D eigenvalue weighted by atomic mass is 10.1. The van der Waals surface area contributed by atoms with Crippen molar-refractivity contribution in [3.05, 3.63) is 54.1 Å². The van der Waals surface area contributed by atoms with E-state index >= 15 is 0 Å². The zero-order valence-corrected chi connectivity index (χ0v) is 16.5. The van der Waals surface area contributed by atoms with Gasteiger partial charge in [0.2, 0.25) is 0 Å². The van der Waals surface area contributed by atoms with E-state index in [9.17, 15) is 8.42 Å². The van der Waals surface area contributed by atoms with Crippen molar-refractivity contribution in [3.63, 3.8) is 0 Å². The molecule has 144 valence electrons. The topological polar surface area (TPSA) is 79.2 Å². The second-order valence-corrected chi connectivity index (χ2v) is 8.06. The van der Waals surface area contributed by atoms with Gasteiger partial charge in [-0.25, -0.2) is 8.42 Å². The fourth-order valence-corrected chi connectivity index (χ4v) is 3.67. The first-order chi connectivity index (χ1) is 13.0. The van der Waals surface area contributed by atoms with Crippen LogP contribution in [-0.4, -0.2) is 15.0 Å². The number of anilines is 1. The van der Waals surface area contributed by atoms with Gasteiger partial charge >= 0.3 is 0 Å². The highest BCUT2D eigenvalue weighted by Gasteiger charge is 2.14. The molecule has 0 atom stereocenters. The van der Waals surface area contributed by atoms with E-state index < -0.39 is 10.0 Å². The Morgan fingerprint density at radius 2 is 1.56 bits per heavy atom. The summed E-state index contributed by atoms with van der Waals surface area (Å²) in [6, 6.07) is 14.6. The molecular weight excluding hydrogens is 360 g/mol. The number of nitrogens with one attached hydrogen (secondary N) is 1. The molecule has 2 aromatic rings. The molecule has 0 aliphatic carbocycles. The SMILES string of the molecule is CCCCCCCCOc1ccc(NS(=O)(=O)c2ccc(C#N)cc2)cc1. The third-order valence-corrected chi connectivity index (χ3v) is 5.56. The minimum absolute atomic E-state index is 0.116. The smallest absolute Gasteiger partial charge is 0.261 e. The average molecular weight is 387 g/mol. The van der Waals surface area contributed by atoms with Crippen LogP contribution in [0.2, 0.25) is 0 Å². The number of sulfonamides is 1. The molecule has 0 saturated heterocycles. The zero-order valence-electron chi connectivity index (χ0n) is 15.6. The van der Waals surface area contributed by atoms with Gasteiger partial charge in [-0.3, -0.25) is 4.72 Å². The summed E-state index contributed by atoms with van der Waals surface area (Å²) in [5.74, 6) is 0.727. The number of nitrogens with zero attached hydrogens (tertiary/aromatic N) is 1. The van der Waals surface area contributed by atoms with Crippen LogP contribution in [0.5, 0.6) is 5.75 Å². The minimum Gasteiger partial charge on any atom is -0.494 e. The van der Waals surface area contributed by atoms with E-state index in [2.05, 4.69) is 11.6 Å². The number of benzene rings is 2. The Kier molecular flexibility index (Phi) is 8.15. The lowest BCUT2D eigenvalue weighted by molar-refractivity contribution is 0.304. The van der Waals surface area contributed by atoms with Crippen LogP contribution in [-0.2, 0) is 10.0 Å². The molecule has 0 amide bonds. The maximum absolute atomic E-state index is 12.4. The largest absolute Gasteiger partial charge is 0.494 e. The molecule has 2 aromatic carbocycles. The van der Waals surface area contributed by atoms with E-state index in [1.807, 2.05) is 6.07 Å². The van der Waals surface area contributed by atoms with Gasteiger partial charge in [0.1, 0.15) is 5.75 Å². The Labute approximate surface area is 162 Å². The van der Waals surface area contributed by atoms with E-state index in [-0.39, 0.29) is 4.90 Å². The number of rotatable bonds is 11. The third kappa shape index (κ3) is 6.95. The Balaban J connectivity index is 1.83. The lowest BCUT2D eigenvalue weighted by Crippen LogP contribution is -2.12. The molecular formula is C21H26N2O3S. The molecule has 0 unspecified atom stereocenters. The van der Waals surface area contributed by atoms with E-state index in [0.29, 0.717) is 17.9 Å². The number of nitriles is 1. The molecule has 5 nitrogen and oxygen atoms in total. The number of hydrogen-bond donors (Lipinski definition) is 1. The van der Waals surface area contributed by atoms with Gasteiger partial charge in [-0.15, -0.1) is 0 Å². The monoisotopic (exact) mass is 386 g/mol. The van der Waals surface area contributed by atoms with Crippen molar-refractivity contribution >= 4 is 15.7 Å². The van der Waals surface area contributed by atoms with E-state index in [1.54, 1.807) is 24.3 Å². The van der Waals surface area contributed by atoms with Gasteiger partial charge in [-0.1, -0.05) is 39.0 Å². The van der Waals surface area contributed by atoms with Gasteiger partial charge < -0.3 is 4.74 Å². The highest BCUT2D eigenvalue weighted by atomic mass is 32.2. The van der Waals surface area contributed by atoms with Gasteiger partial charge in [0.05, 0.1) is 23.1 Å². The van der Waals surface area contributed by atoms with Crippen LogP contribution in [0, 0.1) is 11.3 Å². The summed E-state index contributed by atoms with van der Waals surface area (Å²) in [7, 11) is -3.68. The standard InChI is InChI=1S/C21H26N2O3S/c1-2-3-4-5-6-7-16-26-20-12-10-19(11-13-20)23-27(24,25)21-14-8-18(17-22)9-15-21/h8-15,23H,2-7,16H2,1H3. The van der Waals surface area contributed by atoms with Crippen LogP contribution >= 0.6 is 0 Å². The summed E-state index contributed by atoms with van der Waals surface area (Å²) in [6.07, 6.45) is 7.26. The van der Waals surface area contributed by atoms with Crippen molar-refractivity contribution in [2.24, 2.45) is 0 Å². The molecule has 0 fully saturated rings. The second-order valence-electron chi connectivity index (χ2n) is 6.38. The van der Waals surface area contributed by atoms with Crippen molar-refractivity contribution < 1.29 is 13.2 Å². The number of hydrogen-bond acceptors (Lipinski definition) is 4. The summed E-state index contributed by atoms with van der Waals surface area (Å²) in [5, 5.41) is 8.79. The Bertz CT molecular complexity index is 838. The third-order valence-electron chi connectivity index (χ3n) is 4.17. The van der Waals surface area contributed by atoms with Crippen molar-refractivity contribution in [1.29, 1.82) is 5.26 Å². The van der Waals surface area contributed by atoms with E-state index in [1.165, 1.54) is 56.4 Å². The Morgan fingerprint density at radius 3 is 2.19 bits per heavy atom. The molecule has 0 heterocycles. The van der Waals surface area contributed by atoms with Crippen molar-refractivity contribution in [1.82, 2.24) is 0 Å². The maximum atomic E-state index is 12.4. The molecule has 0 aliphatic rings. The minimum atomic E-state index is -3.68. The summed E-state index contributed by atoms with van der Waals surface area (Å²) in [5.41, 5.74) is 0.882. The second kappa shape index (κ2) is 10.6. The summed E-state index contributed by atoms with van der Waals surface area (Å²) >= 11 is 0. The van der Waals surface area contributed by atoms with Crippen LogP contribution in [0.25, 0.3) is 0 Å². The van der Waals surface area contributed by atoms with Crippen molar-refractivity contribution in [2.45, 2.75) is 50.3 Å². The van der Waals surface area contributed by atoms with Gasteiger partial charge in [0, 0.05) is 5.69 Å². The summed E-state index contributed by atoms with van der Waals surface area (Å²) < 4.78 is 33.0. The van der Waals surface area contributed by atoms with Crippen LogP contribution in [0.15, 0.2) is 53.4 Å². The predicted molar refractivity (Wildman–Crippen MR) is 107 cm³/mol. The van der Waals surface area contributed by atoms with Gasteiger partial charge in [0.25, 0.3) is 10.0 Å². The molecule has 1 N–H and O–H groups in total. The highest BCUT2D eigenvalue weighted by molar-refractivity contribution is 7.92. The average Bonchev–Trinajstić information content (AvgIpc) is 2.68. The summed E-state index contributed by atoms with van der Waals surface area (Å²) in [6.45, 7) is 2.87. The highest BCUT2D eigenvalue weighted by Crippen LogP contribution is 2.20. The van der Waals surface area contributed by atoms with Crippen molar-refractivity contribution in [3.8, 4) is 11.8 Å². The number of ether oxygens (including phenoxy) is 1. The van der Waals surface area contributed by atoms with Gasteiger partial charge in [-0.05, 0) is 55.0 Å². The molecule has 0 saturated carbocycles. The quantitative estimate of drug-likeness (QED) is 0.545. The van der Waals surface area contributed by atoms with Crippen LogP contribution in [0.4, 0.5) is 5.69 Å². The Morgan fingerprint density at radius 1 is 0.926 bits per heavy atom. The van der Waals surface area contributed by atoms with E-state index in [0.717, 1.165) is 12.2 Å². The molecule has 0 spiro atoms. The van der Waals surface area contributed by atoms with Gasteiger partial charge in [0.15, 0.2) is 0 Å².